The summed E-state index contributed by atoms with van der Waals surface area (Å²) in [5, 5.41) is 0. The molecule has 4 aromatic heterocycles. The lowest BCUT2D eigenvalue weighted by Crippen LogP contribution is -2.00. The molecular formula is C96H60N12. The highest BCUT2D eigenvalue weighted by molar-refractivity contribution is 5.82. The maximum Gasteiger partial charge on any atom is 0.164 e. The average Bonchev–Trinajstić information content (AvgIpc) is 0.811. The lowest BCUT2D eigenvalue weighted by atomic mass is 10.1. The van der Waals surface area contributed by atoms with Crippen LogP contribution in [0.1, 0.15) is 66.8 Å². The van der Waals surface area contributed by atoms with Crippen LogP contribution >= 0.6 is 0 Å². The van der Waals surface area contributed by atoms with Gasteiger partial charge in [-0.15, -0.1) is 0 Å². The average molecular weight is 1380 g/mol. The monoisotopic (exact) mass is 1380 g/mol. The summed E-state index contributed by atoms with van der Waals surface area (Å²) in [5.41, 5.74) is 22.4. The van der Waals surface area contributed by atoms with E-state index in [2.05, 4.69) is 364 Å². The fraction of sp³-hybridized carbons (Fsp3) is 0. The fourth-order valence-electron chi connectivity index (χ4n) is 13.1. The Morgan fingerprint density at radius 3 is 0.213 bits per heavy atom. The van der Waals surface area contributed by atoms with Crippen molar-refractivity contribution >= 4 is 72.9 Å². The van der Waals surface area contributed by atoms with Gasteiger partial charge in [-0.2, -0.15) is 0 Å². The van der Waals surface area contributed by atoms with E-state index in [-0.39, 0.29) is 0 Å². The number of nitrogens with zero attached hydrogens (tertiary/aromatic N) is 12. The van der Waals surface area contributed by atoms with Gasteiger partial charge in [0.25, 0.3) is 0 Å². The van der Waals surface area contributed by atoms with Crippen LogP contribution in [-0.2, 0) is 0 Å². The molecule has 0 atom stereocenters. The zero-order chi connectivity index (χ0) is 71.7. The van der Waals surface area contributed by atoms with E-state index in [4.69, 9.17) is 59.8 Å². The van der Waals surface area contributed by atoms with Gasteiger partial charge < -0.3 is 0 Å². The Kier molecular flexibility index (Phi) is 16.6. The van der Waals surface area contributed by atoms with E-state index < -0.39 is 0 Å². The summed E-state index contributed by atoms with van der Waals surface area (Å²) >= 11 is 0. The van der Waals surface area contributed by atoms with Crippen LogP contribution in [0.4, 0.5) is 0 Å². The Morgan fingerprint density at radius 2 is 0.148 bits per heavy atom. The SMILES string of the molecule is C1=C\c2ccc(cc2)-c2nc3nc(n2)-c2ccc(cc2)/C=C\c2ccc(cc2)-c2nc4nc(n2)-c2ccc(cc2)/C=C/c2ccc(cc2)-c2nc(nc(n2)-c2ccc(cc2)/C=C\c2ccc-3cc2)-c2ccc(cc2)/C=C\c2ccc(cc2)-c2nc(nc(n2)-c2ccc(cc2)/C=C\c2ccc-4cc2)-c2ccc/1cc2. The van der Waals surface area contributed by atoms with Gasteiger partial charge in [0.15, 0.2) is 69.9 Å². The minimum atomic E-state index is 0.556. The summed E-state index contributed by atoms with van der Waals surface area (Å²) in [6.07, 6.45) is 25.3. The van der Waals surface area contributed by atoms with E-state index in [1.165, 1.54) is 0 Å². The van der Waals surface area contributed by atoms with Crippen LogP contribution < -0.4 is 0 Å². The first-order valence-electron chi connectivity index (χ1n) is 35.7. The summed E-state index contributed by atoms with van der Waals surface area (Å²) in [7, 11) is 0. The van der Waals surface area contributed by atoms with Crippen molar-refractivity contribution in [1.29, 1.82) is 0 Å². The van der Waals surface area contributed by atoms with Gasteiger partial charge in [-0.3, -0.25) is 0 Å². The quantitative estimate of drug-likeness (QED) is 0.142. The molecular weight excluding hydrogens is 1320 g/mol. The lowest BCUT2D eigenvalue weighted by molar-refractivity contribution is 1.07. The Bertz CT molecular complexity index is 4830. The van der Waals surface area contributed by atoms with E-state index >= 15 is 0 Å². The van der Waals surface area contributed by atoms with Crippen molar-refractivity contribution in [2.75, 3.05) is 0 Å². The predicted molar refractivity (Wildman–Crippen MR) is 438 cm³/mol. The molecule has 108 heavy (non-hydrogen) atoms. The molecule has 40 aliphatic rings. The summed E-state index contributed by atoms with van der Waals surface area (Å²) < 4.78 is 0. The van der Waals surface area contributed by atoms with E-state index in [0.717, 1.165) is 134 Å². The van der Waals surface area contributed by atoms with Crippen LogP contribution in [0.2, 0.25) is 0 Å². The molecule has 12 nitrogen and oxygen atoms in total. The van der Waals surface area contributed by atoms with Crippen molar-refractivity contribution < 1.29 is 0 Å². The van der Waals surface area contributed by atoms with Gasteiger partial charge in [0, 0.05) is 66.8 Å². The molecule has 0 radical (unpaired) electrons. The molecule has 16 aromatic rings. The highest BCUT2D eigenvalue weighted by atomic mass is 15.1. The second kappa shape index (κ2) is 28.1. The van der Waals surface area contributed by atoms with Crippen molar-refractivity contribution in [1.82, 2.24) is 59.8 Å². The number of hydrogen-bond acceptors (Lipinski definition) is 12. The highest BCUT2D eigenvalue weighted by Crippen LogP contribution is 2.34. The predicted octanol–water partition coefficient (Wildman–Crippen LogP) is 22.4. The van der Waals surface area contributed by atoms with E-state index in [0.29, 0.717) is 69.9 Å². The Hall–Kier alpha value is -14.9. The number of hydrogen-bond donors (Lipinski definition) is 0. The smallest absolute Gasteiger partial charge is 0.164 e. The van der Waals surface area contributed by atoms with Crippen LogP contribution in [0.5, 0.6) is 0 Å². The first-order valence-corrected chi connectivity index (χ1v) is 35.7. The molecule has 12 heteroatoms. The van der Waals surface area contributed by atoms with Crippen molar-refractivity contribution in [2.45, 2.75) is 0 Å². The largest absolute Gasteiger partial charge is 0.208 e. The minimum Gasteiger partial charge on any atom is -0.208 e. The first kappa shape index (κ1) is 64.0. The first-order chi connectivity index (χ1) is 53.3. The molecule has 56 rings (SSSR count). The van der Waals surface area contributed by atoms with Gasteiger partial charge in [-0.1, -0.05) is 364 Å². The molecule has 0 saturated carbocycles. The topological polar surface area (TPSA) is 155 Å². The zero-order valence-electron chi connectivity index (χ0n) is 58.0. The van der Waals surface area contributed by atoms with Crippen LogP contribution in [0.3, 0.4) is 0 Å². The van der Waals surface area contributed by atoms with Gasteiger partial charge in [-0.25, -0.2) is 59.8 Å². The zero-order valence-corrected chi connectivity index (χ0v) is 58.0. The van der Waals surface area contributed by atoms with E-state index in [1.54, 1.807) is 0 Å². The summed E-state index contributed by atoms with van der Waals surface area (Å²) in [4.78, 5) is 61.9. The highest BCUT2D eigenvalue weighted by Gasteiger charge is 2.19. The second-order valence-electron chi connectivity index (χ2n) is 26.7. The van der Waals surface area contributed by atoms with Gasteiger partial charge in [0.05, 0.1) is 0 Å². The standard InChI is InChI=1S/C96H60N12/c1-2-62-15-39-74(40-16-62)86-99-89-77-45-21-65(22-46-77)7-9-69-29-53-81(54-30-69)93-103-91-79-49-25-67(26-50-79)5-3-63-17-41-75(42-18-63)87-97-85(73-37-13-61(1)14-38-73)98-88(101-87)76-43-19-64(20-44-76)4-6-68-27-51-80(52-28-68)92-104-94(82-55-31-70(32-56-82)10-8-66-23-47-78(48-24-66)90(100-86)102-89)108-96(106-92)84-59-35-72(36-60-84)12-11-71-33-57-83(58-34-71)95(105-91)107-93/h1-60H/b2-1-,5-3-,6-4-,9-7-,10-8-,12-11+. The molecule has 0 unspecified atom stereocenters. The maximum atomic E-state index is 5.16. The molecule has 40 aliphatic heterocycles. The van der Waals surface area contributed by atoms with Crippen LogP contribution in [0, 0.1) is 0 Å². The molecule has 0 aliphatic carbocycles. The number of rotatable bonds is 0. The van der Waals surface area contributed by atoms with E-state index in [1.807, 2.05) is 0 Å². The molecule has 0 fully saturated rings. The Morgan fingerprint density at radius 1 is 0.0833 bits per heavy atom. The molecule has 0 saturated heterocycles. The third kappa shape index (κ3) is 13.9. The van der Waals surface area contributed by atoms with Crippen molar-refractivity contribution in [3.63, 3.8) is 0 Å². The molecule has 0 amide bonds. The fourth-order valence-corrected chi connectivity index (χ4v) is 13.1. The van der Waals surface area contributed by atoms with Gasteiger partial charge in [0.2, 0.25) is 0 Å². The second-order valence-corrected chi connectivity index (χ2v) is 26.7. The number of benzene rings is 12. The van der Waals surface area contributed by atoms with Crippen LogP contribution in [0.15, 0.2) is 291 Å². The Labute approximate surface area is 623 Å². The summed E-state index contributed by atoms with van der Waals surface area (Å²) in [5.74, 6) is 6.67. The number of aromatic nitrogens is 12. The molecule has 0 N–H and O–H groups in total. The molecule has 12 aromatic carbocycles. The van der Waals surface area contributed by atoms with Crippen LogP contribution in [0.25, 0.3) is 210 Å². The maximum absolute atomic E-state index is 5.16. The lowest BCUT2D eigenvalue weighted by Gasteiger charge is -2.09. The van der Waals surface area contributed by atoms with E-state index in [9.17, 15) is 0 Å². The minimum absolute atomic E-state index is 0.556. The van der Waals surface area contributed by atoms with Gasteiger partial charge in [-0.05, 0) is 66.8 Å². The molecule has 36 bridgehead atoms. The van der Waals surface area contributed by atoms with Crippen molar-refractivity contribution in [2.24, 2.45) is 0 Å². The molecule has 44 heterocycles. The normalized spacial score (nSPS) is 14.0. The third-order valence-electron chi connectivity index (χ3n) is 19.4. The van der Waals surface area contributed by atoms with Crippen molar-refractivity contribution in [3.8, 4) is 137 Å². The Balaban J connectivity index is 0.789. The van der Waals surface area contributed by atoms with Gasteiger partial charge >= 0.3 is 0 Å². The summed E-state index contributed by atoms with van der Waals surface area (Å²) in [6.45, 7) is 0. The van der Waals surface area contributed by atoms with Gasteiger partial charge in [0.1, 0.15) is 0 Å². The van der Waals surface area contributed by atoms with Crippen molar-refractivity contribution in [3.05, 3.63) is 358 Å². The van der Waals surface area contributed by atoms with Crippen LogP contribution in [-0.4, -0.2) is 59.8 Å². The molecule has 504 valence electrons. The molecule has 0 spiro atoms. The third-order valence-corrected chi connectivity index (χ3v) is 19.4. The summed E-state index contributed by atoms with van der Waals surface area (Å²) in [6, 6.07) is 99.7.